The third kappa shape index (κ3) is 5.51. The van der Waals surface area contributed by atoms with Gasteiger partial charge in [-0.25, -0.2) is 0 Å². The molecule has 0 aromatic rings. The molecule has 3 aliphatic rings. The summed E-state index contributed by atoms with van der Waals surface area (Å²) in [7, 11) is 0. The summed E-state index contributed by atoms with van der Waals surface area (Å²) in [6.45, 7) is 14.5. The van der Waals surface area contributed by atoms with Crippen molar-refractivity contribution in [1.82, 2.24) is 9.80 Å². The van der Waals surface area contributed by atoms with Crippen molar-refractivity contribution < 1.29 is 29.0 Å². The number of rotatable bonds is 16. The van der Waals surface area contributed by atoms with Crippen molar-refractivity contribution in [2.24, 2.45) is 17.8 Å². The van der Waals surface area contributed by atoms with Crippen LogP contribution in [0.25, 0.3) is 0 Å². The van der Waals surface area contributed by atoms with Crippen LogP contribution in [0.1, 0.15) is 72.1 Å². The van der Waals surface area contributed by atoms with Gasteiger partial charge in [-0.1, -0.05) is 45.8 Å². The van der Waals surface area contributed by atoms with Gasteiger partial charge in [-0.2, -0.15) is 0 Å². The quantitative estimate of drug-likeness (QED) is 0.191. The van der Waals surface area contributed by atoms with Crippen molar-refractivity contribution in [2.45, 2.75) is 95.9 Å². The highest BCUT2D eigenvalue weighted by Gasteiger charge is 2.75. The van der Waals surface area contributed by atoms with Gasteiger partial charge in [0.05, 0.1) is 37.2 Å². The van der Waals surface area contributed by atoms with E-state index in [1.54, 1.807) is 15.9 Å². The minimum atomic E-state index is -1.09. The minimum Gasteiger partial charge on any atom is -0.465 e. The highest BCUT2D eigenvalue weighted by Crippen LogP contribution is 2.59. The van der Waals surface area contributed by atoms with E-state index in [1.165, 1.54) is 0 Å². The molecule has 37 heavy (non-hydrogen) atoms. The third-order valence-electron chi connectivity index (χ3n) is 8.58. The largest absolute Gasteiger partial charge is 0.465 e. The summed E-state index contributed by atoms with van der Waals surface area (Å²) in [5, 5.41) is 10.4. The fourth-order valence-corrected chi connectivity index (χ4v) is 6.44. The Morgan fingerprint density at radius 3 is 2.65 bits per heavy atom. The van der Waals surface area contributed by atoms with Gasteiger partial charge in [0, 0.05) is 13.1 Å². The number of aliphatic hydroxyl groups is 1. The van der Waals surface area contributed by atoms with Crippen LogP contribution in [0.2, 0.25) is 0 Å². The second-order valence-electron chi connectivity index (χ2n) is 10.8. The summed E-state index contributed by atoms with van der Waals surface area (Å²) in [4.78, 5) is 45.0. The lowest BCUT2D eigenvalue weighted by Crippen LogP contribution is -2.59. The summed E-state index contributed by atoms with van der Waals surface area (Å²) in [5.74, 6) is -2.44. The molecule has 2 amide bonds. The van der Waals surface area contributed by atoms with Crippen LogP contribution in [0.15, 0.2) is 25.3 Å². The first-order chi connectivity index (χ1) is 17.8. The molecular weight excluding hydrogens is 472 g/mol. The van der Waals surface area contributed by atoms with Gasteiger partial charge < -0.3 is 24.4 Å². The van der Waals surface area contributed by atoms with E-state index in [2.05, 4.69) is 20.1 Å². The second kappa shape index (κ2) is 13.1. The van der Waals surface area contributed by atoms with E-state index in [9.17, 15) is 19.5 Å². The third-order valence-corrected chi connectivity index (χ3v) is 8.58. The maximum absolute atomic E-state index is 14.2. The lowest BCUT2D eigenvalue weighted by atomic mass is 9.70. The number of carbonyl (C=O) groups is 3. The average Bonchev–Trinajstić information content (AvgIpc) is 3.54. The fourth-order valence-electron chi connectivity index (χ4n) is 6.44. The summed E-state index contributed by atoms with van der Waals surface area (Å²) >= 11 is 0. The van der Waals surface area contributed by atoms with Gasteiger partial charge in [0.1, 0.15) is 11.6 Å². The summed E-state index contributed by atoms with van der Waals surface area (Å²) in [6, 6.07) is -1.43. The number of unbranched alkanes of at least 4 members (excludes halogenated alkanes) is 3. The maximum Gasteiger partial charge on any atom is 0.312 e. The van der Waals surface area contributed by atoms with Gasteiger partial charge in [0.15, 0.2) is 0 Å². The molecule has 1 spiro atoms. The van der Waals surface area contributed by atoms with Gasteiger partial charge in [-0.3, -0.25) is 14.4 Å². The monoisotopic (exact) mass is 518 g/mol. The van der Waals surface area contributed by atoms with E-state index in [-0.39, 0.29) is 30.9 Å². The molecule has 0 aliphatic carbocycles. The van der Waals surface area contributed by atoms with Crippen LogP contribution in [0, 0.1) is 17.8 Å². The lowest BCUT2D eigenvalue weighted by Gasteiger charge is -2.41. The molecule has 3 saturated heterocycles. The van der Waals surface area contributed by atoms with Crippen molar-refractivity contribution in [3.8, 4) is 0 Å². The molecule has 0 radical (unpaired) electrons. The number of esters is 1. The Bertz CT molecular complexity index is 846. The zero-order valence-electron chi connectivity index (χ0n) is 22.9. The van der Waals surface area contributed by atoms with E-state index in [0.717, 1.165) is 38.5 Å². The Kier molecular flexibility index (Phi) is 10.4. The summed E-state index contributed by atoms with van der Waals surface area (Å²) in [6.07, 6.45) is 9.16. The zero-order chi connectivity index (χ0) is 27.2. The molecule has 1 N–H and O–H groups in total. The number of amides is 2. The first kappa shape index (κ1) is 29.4. The smallest absolute Gasteiger partial charge is 0.312 e. The van der Waals surface area contributed by atoms with Crippen LogP contribution in [0.4, 0.5) is 0 Å². The topological polar surface area (TPSA) is 96.4 Å². The highest BCUT2D eigenvalue weighted by atomic mass is 16.6. The molecule has 2 bridgehead atoms. The number of ether oxygens (including phenoxy) is 2. The van der Waals surface area contributed by atoms with Gasteiger partial charge in [-0.05, 0) is 44.4 Å². The molecule has 0 saturated carbocycles. The number of nitrogens with zero attached hydrogens (tertiary/aromatic N) is 2. The molecule has 3 rings (SSSR count). The number of aliphatic hydroxyl groups excluding tert-OH is 1. The Hall–Kier alpha value is -2.19. The Morgan fingerprint density at radius 1 is 1.27 bits per heavy atom. The van der Waals surface area contributed by atoms with E-state index in [1.807, 2.05) is 19.9 Å². The first-order valence-electron chi connectivity index (χ1n) is 14.1. The summed E-state index contributed by atoms with van der Waals surface area (Å²) < 4.78 is 12.1. The number of hydrogen-bond donors (Lipinski definition) is 1. The van der Waals surface area contributed by atoms with Crippen molar-refractivity contribution in [2.75, 3.05) is 26.3 Å². The fraction of sp³-hybridized carbons (Fsp3) is 0.759. The van der Waals surface area contributed by atoms with Crippen molar-refractivity contribution in [1.29, 1.82) is 0 Å². The van der Waals surface area contributed by atoms with Crippen molar-refractivity contribution in [3.05, 3.63) is 25.3 Å². The number of carbonyl (C=O) groups excluding carboxylic acids is 3. The zero-order valence-corrected chi connectivity index (χ0v) is 22.9. The Labute approximate surface area is 222 Å². The van der Waals surface area contributed by atoms with Crippen LogP contribution in [0.5, 0.6) is 0 Å². The van der Waals surface area contributed by atoms with Crippen LogP contribution < -0.4 is 0 Å². The molecular formula is C29H46N2O6. The van der Waals surface area contributed by atoms with Gasteiger partial charge in [0.2, 0.25) is 11.8 Å². The Balaban J connectivity index is 1.97. The van der Waals surface area contributed by atoms with E-state index in [4.69, 9.17) is 9.47 Å². The average molecular weight is 519 g/mol. The molecule has 3 aliphatic heterocycles. The van der Waals surface area contributed by atoms with Crippen LogP contribution >= 0.6 is 0 Å². The standard InChI is InChI=1S/C29H46N2O6/c1-6-10-12-13-18-36-28(35)23-22-14-15-29(37-22)24(23)26(33)31(21(19-32)20(5)9-4)25(29)27(34)30(16-8-3)17-11-7-2/h6,8,20-25,32H,1,3,7,9-19H2,2,4-5H3/t20-,21-,22-,23+,24-,25?,29?/m0/s1. The molecule has 208 valence electrons. The highest BCUT2D eigenvalue weighted by molar-refractivity contribution is 5.98. The minimum absolute atomic E-state index is 0.0320. The second-order valence-corrected chi connectivity index (χ2v) is 10.8. The number of hydrogen-bond acceptors (Lipinski definition) is 6. The molecule has 3 heterocycles. The Morgan fingerprint density at radius 2 is 2.03 bits per heavy atom. The molecule has 0 aromatic carbocycles. The van der Waals surface area contributed by atoms with Crippen LogP contribution in [-0.4, -0.2) is 82.8 Å². The molecule has 0 aromatic heterocycles. The van der Waals surface area contributed by atoms with Gasteiger partial charge >= 0.3 is 5.97 Å². The SMILES string of the molecule is C=CCCCCOC(=O)[C@@H]1[C@@H]2CCC3(O2)C(C(=O)N(CC=C)CCCC)N([C@@H](CO)[C@@H](C)CC)C(=O)[C@H]13. The van der Waals surface area contributed by atoms with Crippen LogP contribution in [-0.2, 0) is 23.9 Å². The van der Waals surface area contributed by atoms with E-state index < -0.39 is 41.6 Å². The number of fused-ring (bicyclic) bond motifs is 1. The molecule has 2 unspecified atom stereocenters. The molecule has 7 atom stereocenters. The predicted octanol–water partition coefficient (Wildman–Crippen LogP) is 3.48. The van der Waals surface area contributed by atoms with Crippen molar-refractivity contribution >= 4 is 17.8 Å². The van der Waals surface area contributed by atoms with E-state index >= 15 is 0 Å². The molecule has 8 heteroatoms. The number of allylic oxidation sites excluding steroid dienone is 1. The first-order valence-corrected chi connectivity index (χ1v) is 14.1. The predicted molar refractivity (Wildman–Crippen MR) is 141 cm³/mol. The van der Waals surface area contributed by atoms with E-state index in [0.29, 0.717) is 25.9 Å². The summed E-state index contributed by atoms with van der Waals surface area (Å²) in [5.41, 5.74) is -1.09. The van der Waals surface area contributed by atoms with Gasteiger partial charge in [0.25, 0.3) is 0 Å². The lowest BCUT2D eigenvalue weighted by molar-refractivity contribution is -0.157. The van der Waals surface area contributed by atoms with Gasteiger partial charge in [-0.15, -0.1) is 13.2 Å². The number of likely N-dealkylation sites (tertiary alicyclic amines) is 1. The molecule has 3 fully saturated rings. The van der Waals surface area contributed by atoms with Crippen molar-refractivity contribution in [3.63, 3.8) is 0 Å². The normalized spacial score (nSPS) is 29.6. The molecule has 8 nitrogen and oxygen atoms in total. The van der Waals surface area contributed by atoms with Crippen LogP contribution in [0.3, 0.4) is 0 Å². The maximum atomic E-state index is 14.2.